The van der Waals surface area contributed by atoms with Crippen molar-refractivity contribution in [3.05, 3.63) is 29.8 Å². The van der Waals surface area contributed by atoms with E-state index in [2.05, 4.69) is 10.6 Å². The summed E-state index contributed by atoms with van der Waals surface area (Å²) in [7, 11) is 0. The fourth-order valence-electron chi connectivity index (χ4n) is 1.67. The van der Waals surface area contributed by atoms with Crippen LogP contribution in [0.25, 0.3) is 0 Å². The summed E-state index contributed by atoms with van der Waals surface area (Å²) >= 11 is 0. The maximum atomic E-state index is 11.6. The zero-order valence-corrected chi connectivity index (χ0v) is 14.3. The Morgan fingerprint density at radius 3 is 2.30 bits per heavy atom. The summed E-state index contributed by atoms with van der Waals surface area (Å²) in [6.07, 6.45) is -0.322. The molecule has 6 nitrogen and oxygen atoms in total. The van der Waals surface area contributed by atoms with Gasteiger partial charge in [0.05, 0.1) is 6.54 Å². The molecule has 128 valence electrons. The number of carbonyl (C=O) groups excluding carboxylic acids is 2. The minimum atomic E-state index is -0.542. The van der Waals surface area contributed by atoms with E-state index in [0.717, 1.165) is 5.75 Å². The highest BCUT2D eigenvalue weighted by molar-refractivity contribution is 5.77. The molecule has 1 rings (SSSR count). The predicted molar refractivity (Wildman–Crippen MR) is 88.5 cm³/mol. The Morgan fingerprint density at radius 2 is 1.70 bits per heavy atom. The highest BCUT2D eigenvalue weighted by Gasteiger charge is 2.15. The quantitative estimate of drug-likeness (QED) is 0.756. The minimum absolute atomic E-state index is 0.145. The van der Waals surface area contributed by atoms with Crippen molar-refractivity contribution < 1.29 is 19.1 Å². The van der Waals surface area contributed by atoms with Crippen molar-refractivity contribution in [3.63, 3.8) is 0 Å². The Balaban J connectivity index is 2.08. The first-order valence-electron chi connectivity index (χ1n) is 7.69. The Hall–Kier alpha value is -2.24. The second kappa shape index (κ2) is 9.02. The molecule has 1 aromatic rings. The summed E-state index contributed by atoms with van der Waals surface area (Å²) < 4.78 is 10.6. The number of alkyl carbamates (subject to hydrolysis) is 1. The van der Waals surface area contributed by atoms with Crippen LogP contribution in [0.4, 0.5) is 4.79 Å². The monoisotopic (exact) mass is 322 g/mol. The predicted octanol–water partition coefficient (Wildman–Crippen LogP) is 2.40. The van der Waals surface area contributed by atoms with E-state index in [4.69, 9.17) is 9.47 Å². The molecule has 23 heavy (non-hydrogen) atoms. The average Bonchev–Trinajstić information content (AvgIpc) is 2.43. The van der Waals surface area contributed by atoms with Crippen molar-refractivity contribution in [2.24, 2.45) is 0 Å². The van der Waals surface area contributed by atoms with Gasteiger partial charge in [-0.25, -0.2) is 4.79 Å². The number of hydrogen-bond acceptors (Lipinski definition) is 4. The van der Waals surface area contributed by atoms with E-state index >= 15 is 0 Å². The maximum absolute atomic E-state index is 11.6. The molecule has 0 aliphatic rings. The van der Waals surface area contributed by atoms with Gasteiger partial charge in [-0.2, -0.15) is 0 Å². The van der Waals surface area contributed by atoms with Crippen LogP contribution in [-0.4, -0.2) is 37.3 Å². The molecule has 0 fully saturated rings. The molecule has 0 saturated carbocycles. The van der Waals surface area contributed by atoms with Crippen LogP contribution in [0.2, 0.25) is 0 Å². The first kappa shape index (κ1) is 18.8. The van der Waals surface area contributed by atoms with Crippen molar-refractivity contribution in [1.82, 2.24) is 10.6 Å². The van der Waals surface area contributed by atoms with E-state index < -0.39 is 11.7 Å². The summed E-state index contributed by atoms with van der Waals surface area (Å²) in [5.74, 6) is 0.630. The first-order chi connectivity index (χ1) is 10.8. The molecule has 0 atom stereocenters. The number of nitrogens with one attached hydrogen (secondary N) is 2. The summed E-state index contributed by atoms with van der Waals surface area (Å²) in [6.45, 7) is 8.41. The van der Waals surface area contributed by atoms with Crippen LogP contribution < -0.4 is 15.4 Å². The Labute approximate surface area is 137 Å². The second-order valence-corrected chi connectivity index (χ2v) is 6.19. The lowest BCUT2D eigenvalue weighted by molar-refractivity contribution is -0.121. The van der Waals surface area contributed by atoms with Crippen LogP contribution in [0, 0.1) is 6.92 Å². The van der Waals surface area contributed by atoms with Crippen LogP contribution in [0.1, 0.15) is 32.8 Å². The molecule has 0 aliphatic heterocycles. The Kier molecular flexibility index (Phi) is 7.38. The molecule has 0 aliphatic carbocycles. The number of ether oxygens (including phenoxy) is 2. The smallest absolute Gasteiger partial charge is 0.407 e. The Bertz CT molecular complexity index is 506. The fraction of sp³-hybridized carbons (Fsp3) is 0.529. The molecule has 2 N–H and O–H groups in total. The Morgan fingerprint density at radius 1 is 1.04 bits per heavy atom. The van der Waals surface area contributed by atoms with Gasteiger partial charge >= 0.3 is 6.09 Å². The molecule has 0 aromatic heterocycles. The SMILES string of the molecule is Cc1ccc(OCCNC(=O)CCNC(=O)OC(C)(C)C)cc1. The van der Waals surface area contributed by atoms with E-state index in [0.29, 0.717) is 13.2 Å². The van der Waals surface area contributed by atoms with E-state index in [1.807, 2.05) is 31.2 Å². The van der Waals surface area contributed by atoms with Gasteiger partial charge in [0.1, 0.15) is 18.0 Å². The standard InChI is InChI=1S/C17H26N2O4/c1-13-5-7-14(8-6-13)22-12-11-18-15(20)9-10-19-16(21)23-17(2,3)4/h5-8H,9-12H2,1-4H3,(H,18,20)(H,19,21). The molecule has 0 radical (unpaired) electrons. The molecular weight excluding hydrogens is 296 g/mol. The topological polar surface area (TPSA) is 76.7 Å². The summed E-state index contributed by atoms with van der Waals surface area (Å²) in [6, 6.07) is 7.72. The zero-order valence-electron chi connectivity index (χ0n) is 14.3. The molecule has 0 saturated heterocycles. The molecule has 2 amide bonds. The molecule has 0 heterocycles. The van der Waals surface area contributed by atoms with Crippen molar-refractivity contribution in [2.75, 3.05) is 19.7 Å². The lowest BCUT2D eigenvalue weighted by Gasteiger charge is -2.19. The highest BCUT2D eigenvalue weighted by atomic mass is 16.6. The largest absolute Gasteiger partial charge is 0.492 e. The minimum Gasteiger partial charge on any atom is -0.492 e. The van der Waals surface area contributed by atoms with Gasteiger partial charge < -0.3 is 20.1 Å². The van der Waals surface area contributed by atoms with E-state index in [-0.39, 0.29) is 18.9 Å². The van der Waals surface area contributed by atoms with Crippen molar-refractivity contribution >= 4 is 12.0 Å². The number of hydrogen-bond donors (Lipinski definition) is 2. The second-order valence-electron chi connectivity index (χ2n) is 6.19. The van der Waals surface area contributed by atoms with E-state index in [9.17, 15) is 9.59 Å². The maximum Gasteiger partial charge on any atom is 0.407 e. The van der Waals surface area contributed by atoms with Crippen LogP contribution in [-0.2, 0) is 9.53 Å². The molecule has 0 bridgehead atoms. The number of carbonyl (C=O) groups is 2. The lowest BCUT2D eigenvalue weighted by atomic mass is 10.2. The van der Waals surface area contributed by atoms with Gasteiger partial charge in [0.15, 0.2) is 0 Å². The summed E-state index contributed by atoms with van der Waals surface area (Å²) in [5, 5.41) is 5.27. The first-order valence-corrected chi connectivity index (χ1v) is 7.69. The van der Waals surface area contributed by atoms with Gasteiger partial charge in [0, 0.05) is 13.0 Å². The number of rotatable bonds is 7. The van der Waals surface area contributed by atoms with E-state index in [1.165, 1.54) is 5.56 Å². The highest BCUT2D eigenvalue weighted by Crippen LogP contribution is 2.10. The van der Waals surface area contributed by atoms with Crippen molar-refractivity contribution in [2.45, 2.75) is 39.7 Å². The zero-order chi connectivity index (χ0) is 17.3. The average molecular weight is 322 g/mol. The third-order valence-corrected chi connectivity index (χ3v) is 2.73. The fourth-order valence-corrected chi connectivity index (χ4v) is 1.67. The lowest BCUT2D eigenvalue weighted by Crippen LogP contribution is -2.35. The third kappa shape index (κ3) is 9.39. The van der Waals surface area contributed by atoms with Crippen molar-refractivity contribution in [1.29, 1.82) is 0 Å². The van der Waals surface area contributed by atoms with Crippen LogP contribution >= 0.6 is 0 Å². The number of benzene rings is 1. The van der Waals surface area contributed by atoms with Gasteiger partial charge in [0.25, 0.3) is 0 Å². The number of amides is 2. The van der Waals surface area contributed by atoms with E-state index in [1.54, 1.807) is 20.8 Å². The molecule has 1 aromatic carbocycles. The van der Waals surface area contributed by atoms with Gasteiger partial charge in [-0.15, -0.1) is 0 Å². The van der Waals surface area contributed by atoms with Gasteiger partial charge in [-0.3, -0.25) is 4.79 Å². The molecular formula is C17H26N2O4. The van der Waals surface area contributed by atoms with Gasteiger partial charge in [-0.05, 0) is 39.8 Å². The molecule has 0 spiro atoms. The van der Waals surface area contributed by atoms with Crippen LogP contribution in [0.3, 0.4) is 0 Å². The molecule has 6 heteroatoms. The van der Waals surface area contributed by atoms with Crippen LogP contribution in [0.15, 0.2) is 24.3 Å². The normalized spacial score (nSPS) is 10.8. The van der Waals surface area contributed by atoms with Crippen LogP contribution in [0.5, 0.6) is 5.75 Å². The van der Waals surface area contributed by atoms with Crippen molar-refractivity contribution in [3.8, 4) is 5.75 Å². The van der Waals surface area contributed by atoms with Gasteiger partial charge in [0.2, 0.25) is 5.91 Å². The summed E-state index contributed by atoms with van der Waals surface area (Å²) in [4.78, 5) is 23.0. The summed E-state index contributed by atoms with van der Waals surface area (Å²) in [5.41, 5.74) is 0.628. The molecule has 0 unspecified atom stereocenters. The number of aryl methyl sites for hydroxylation is 1. The third-order valence-electron chi connectivity index (χ3n) is 2.73. The van der Waals surface area contributed by atoms with Gasteiger partial charge in [-0.1, -0.05) is 17.7 Å².